The maximum Gasteiger partial charge on any atom is 0.161 e. The lowest BCUT2D eigenvalue weighted by atomic mass is 9.82. The molecule has 1 N–H and O–H groups in total. The Morgan fingerprint density at radius 3 is 2.24 bits per heavy atom. The van der Waals surface area contributed by atoms with Gasteiger partial charge < -0.3 is 14.8 Å². The second-order valence-corrected chi connectivity index (χ2v) is 7.45. The van der Waals surface area contributed by atoms with Crippen LogP contribution in [0.2, 0.25) is 0 Å². The minimum Gasteiger partial charge on any atom is -0.486 e. The highest BCUT2D eigenvalue weighted by molar-refractivity contribution is 5.85. The van der Waals surface area contributed by atoms with E-state index < -0.39 is 0 Å². The van der Waals surface area contributed by atoms with Crippen molar-refractivity contribution in [2.75, 3.05) is 13.2 Å². The number of fused-ring (bicyclic) bond motifs is 1. The Balaban J connectivity index is 0.00000220. The smallest absolute Gasteiger partial charge is 0.161 e. The summed E-state index contributed by atoms with van der Waals surface area (Å²) in [6.07, 6.45) is 1.13. The van der Waals surface area contributed by atoms with Crippen molar-refractivity contribution < 1.29 is 9.47 Å². The largest absolute Gasteiger partial charge is 0.486 e. The van der Waals surface area contributed by atoms with Gasteiger partial charge in [-0.3, -0.25) is 0 Å². The van der Waals surface area contributed by atoms with Crippen molar-refractivity contribution in [1.82, 2.24) is 5.32 Å². The average Bonchev–Trinajstić information content (AvgIpc) is 2.33. The van der Waals surface area contributed by atoms with E-state index in [1.807, 2.05) is 6.07 Å². The first-order chi connectivity index (χ1) is 9.25. The predicted molar refractivity (Wildman–Crippen MR) is 89.7 cm³/mol. The van der Waals surface area contributed by atoms with Crippen molar-refractivity contribution in [1.29, 1.82) is 0 Å². The lowest BCUT2D eigenvalue weighted by Gasteiger charge is -2.33. The molecule has 21 heavy (non-hydrogen) atoms. The lowest BCUT2D eigenvalue weighted by Crippen LogP contribution is -2.41. The van der Waals surface area contributed by atoms with Crippen molar-refractivity contribution in [3.05, 3.63) is 23.8 Å². The molecule has 0 aliphatic carbocycles. The van der Waals surface area contributed by atoms with Gasteiger partial charge in [0, 0.05) is 12.1 Å². The molecule has 0 radical (unpaired) electrons. The normalized spacial score (nSPS) is 14.5. The van der Waals surface area contributed by atoms with Gasteiger partial charge in [0.1, 0.15) is 13.2 Å². The van der Waals surface area contributed by atoms with Gasteiger partial charge >= 0.3 is 0 Å². The van der Waals surface area contributed by atoms with Gasteiger partial charge in [-0.05, 0) is 43.4 Å². The minimum absolute atomic E-state index is 0. The van der Waals surface area contributed by atoms with Crippen LogP contribution < -0.4 is 14.8 Å². The number of hydrogen-bond acceptors (Lipinski definition) is 3. The van der Waals surface area contributed by atoms with Gasteiger partial charge in [-0.1, -0.05) is 26.8 Å². The predicted octanol–water partition coefficient (Wildman–Crippen LogP) is 4.18. The fourth-order valence-electron chi connectivity index (χ4n) is 2.93. The second-order valence-electron chi connectivity index (χ2n) is 7.45. The van der Waals surface area contributed by atoms with E-state index in [-0.39, 0.29) is 17.9 Å². The Hall–Kier alpha value is -0.930. The van der Waals surface area contributed by atoms with Gasteiger partial charge in [-0.2, -0.15) is 0 Å². The molecule has 2 rings (SSSR count). The fraction of sp³-hybridized carbons (Fsp3) is 0.647. The zero-order valence-electron chi connectivity index (χ0n) is 13.8. The van der Waals surface area contributed by atoms with Crippen LogP contribution in [0, 0.1) is 5.41 Å². The van der Waals surface area contributed by atoms with E-state index in [9.17, 15) is 0 Å². The molecular formula is C17H28ClNO2. The van der Waals surface area contributed by atoms with Gasteiger partial charge in [0.05, 0.1) is 0 Å². The number of halogens is 1. The molecule has 1 aromatic rings. The van der Waals surface area contributed by atoms with Crippen molar-refractivity contribution in [2.45, 2.75) is 53.1 Å². The topological polar surface area (TPSA) is 30.5 Å². The third-order valence-electron chi connectivity index (χ3n) is 3.35. The number of ether oxygens (including phenoxy) is 2. The molecule has 0 atom stereocenters. The standard InChI is InChI=1S/C17H27NO2.ClH/c1-16(2,3)12-17(4,5)18-11-13-6-7-14-15(10-13)20-9-8-19-14;/h6-7,10,18H,8-9,11-12H2,1-5H3;1H. The fourth-order valence-corrected chi connectivity index (χ4v) is 2.93. The van der Waals surface area contributed by atoms with Crippen LogP contribution in [0.4, 0.5) is 0 Å². The summed E-state index contributed by atoms with van der Waals surface area (Å²) in [7, 11) is 0. The SMILES string of the molecule is CC(C)(C)CC(C)(C)NCc1ccc2c(c1)OCCO2.Cl. The summed E-state index contributed by atoms with van der Waals surface area (Å²) in [6.45, 7) is 13.5. The third kappa shape index (κ3) is 5.76. The molecule has 1 aliphatic heterocycles. The number of nitrogens with one attached hydrogen (secondary N) is 1. The molecular weight excluding hydrogens is 286 g/mol. The van der Waals surface area contributed by atoms with E-state index in [1.54, 1.807) is 0 Å². The van der Waals surface area contributed by atoms with E-state index in [2.05, 4.69) is 52.1 Å². The van der Waals surface area contributed by atoms with Gasteiger partial charge in [0.2, 0.25) is 0 Å². The molecule has 0 saturated carbocycles. The maximum absolute atomic E-state index is 5.62. The molecule has 0 fully saturated rings. The molecule has 1 aromatic carbocycles. The van der Waals surface area contributed by atoms with Crippen LogP contribution in [-0.2, 0) is 6.54 Å². The Bertz CT molecular complexity index is 466. The summed E-state index contributed by atoms with van der Waals surface area (Å²) in [4.78, 5) is 0. The molecule has 4 heteroatoms. The van der Waals surface area contributed by atoms with E-state index in [0.29, 0.717) is 18.6 Å². The van der Waals surface area contributed by atoms with Crippen LogP contribution in [0.3, 0.4) is 0 Å². The molecule has 0 saturated heterocycles. The highest BCUT2D eigenvalue weighted by Crippen LogP contribution is 2.31. The first kappa shape index (κ1) is 18.1. The molecule has 0 amide bonds. The summed E-state index contributed by atoms with van der Waals surface area (Å²) >= 11 is 0. The van der Waals surface area contributed by atoms with Crippen LogP contribution in [0.5, 0.6) is 11.5 Å². The monoisotopic (exact) mass is 313 g/mol. The van der Waals surface area contributed by atoms with Crippen molar-refractivity contribution >= 4 is 12.4 Å². The average molecular weight is 314 g/mol. The number of rotatable bonds is 4. The van der Waals surface area contributed by atoms with Crippen LogP contribution in [0.1, 0.15) is 46.6 Å². The molecule has 0 unspecified atom stereocenters. The molecule has 0 spiro atoms. The van der Waals surface area contributed by atoms with Gasteiger partial charge in [0.15, 0.2) is 11.5 Å². The number of hydrogen-bond donors (Lipinski definition) is 1. The van der Waals surface area contributed by atoms with Gasteiger partial charge in [-0.15, -0.1) is 12.4 Å². The quantitative estimate of drug-likeness (QED) is 0.904. The van der Waals surface area contributed by atoms with E-state index in [0.717, 1.165) is 24.5 Å². The maximum atomic E-state index is 5.62. The van der Waals surface area contributed by atoms with Crippen LogP contribution >= 0.6 is 12.4 Å². The summed E-state index contributed by atoms with van der Waals surface area (Å²) in [6, 6.07) is 6.19. The highest BCUT2D eigenvalue weighted by atomic mass is 35.5. The molecule has 3 nitrogen and oxygen atoms in total. The van der Waals surface area contributed by atoms with Crippen LogP contribution in [0.25, 0.3) is 0 Å². The van der Waals surface area contributed by atoms with E-state index in [1.165, 1.54) is 5.56 Å². The Morgan fingerprint density at radius 1 is 1.00 bits per heavy atom. The zero-order valence-corrected chi connectivity index (χ0v) is 14.6. The van der Waals surface area contributed by atoms with Crippen LogP contribution in [0.15, 0.2) is 18.2 Å². The first-order valence-electron chi connectivity index (χ1n) is 7.39. The third-order valence-corrected chi connectivity index (χ3v) is 3.35. The molecule has 1 heterocycles. The molecule has 0 aromatic heterocycles. The second kappa shape index (κ2) is 6.89. The highest BCUT2D eigenvalue weighted by Gasteiger charge is 2.24. The molecule has 120 valence electrons. The zero-order chi connectivity index (χ0) is 14.8. The van der Waals surface area contributed by atoms with Crippen molar-refractivity contribution in [2.24, 2.45) is 5.41 Å². The van der Waals surface area contributed by atoms with Crippen molar-refractivity contribution in [3.8, 4) is 11.5 Å². The van der Waals surface area contributed by atoms with Gasteiger partial charge in [-0.25, -0.2) is 0 Å². The molecule has 0 bridgehead atoms. The van der Waals surface area contributed by atoms with E-state index >= 15 is 0 Å². The Labute approximate surface area is 134 Å². The first-order valence-corrected chi connectivity index (χ1v) is 7.39. The summed E-state index contributed by atoms with van der Waals surface area (Å²) in [5, 5.41) is 3.64. The minimum atomic E-state index is 0. The lowest BCUT2D eigenvalue weighted by molar-refractivity contribution is 0.171. The summed E-state index contributed by atoms with van der Waals surface area (Å²) in [5.74, 6) is 1.72. The summed E-state index contributed by atoms with van der Waals surface area (Å²) in [5.41, 5.74) is 1.67. The number of benzene rings is 1. The van der Waals surface area contributed by atoms with Crippen LogP contribution in [-0.4, -0.2) is 18.8 Å². The van der Waals surface area contributed by atoms with Crippen molar-refractivity contribution in [3.63, 3.8) is 0 Å². The van der Waals surface area contributed by atoms with E-state index in [4.69, 9.17) is 9.47 Å². The van der Waals surface area contributed by atoms with Gasteiger partial charge in [0.25, 0.3) is 0 Å². The molecule has 1 aliphatic rings. The Kier molecular flexibility index (Phi) is 5.94. The Morgan fingerprint density at radius 2 is 1.62 bits per heavy atom. The summed E-state index contributed by atoms with van der Waals surface area (Å²) < 4.78 is 11.2.